The summed E-state index contributed by atoms with van der Waals surface area (Å²) in [4.78, 5) is 0. The first-order valence-electron chi connectivity index (χ1n) is 3.11. The van der Waals surface area contributed by atoms with Crippen LogP contribution in [0.1, 0.15) is 11.1 Å². The van der Waals surface area contributed by atoms with E-state index in [4.69, 9.17) is 11.0 Å². The first-order chi connectivity index (χ1) is 5.15. The molecule has 1 aromatic rings. The van der Waals surface area contributed by atoms with Crippen molar-refractivity contribution in [3.05, 3.63) is 29.1 Å². The fourth-order valence-corrected chi connectivity index (χ4v) is 0.816. The summed E-state index contributed by atoms with van der Waals surface area (Å²) in [5.41, 5.74) is 6.65. The Labute approximate surface area is 64.1 Å². The highest BCUT2D eigenvalue weighted by Crippen LogP contribution is 2.16. The number of nitrogen functional groups attached to an aromatic ring is 1. The van der Waals surface area contributed by atoms with Gasteiger partial charge in [-0.2, -0.15) is 5.26 Å². The van der Waals surface area contributed by atoms with Crippen molar-refractivity contribution >= 4 is 5.69 Å². The lowest BCUT2D eigenvalue weighted by Crippen LogP contribution is -1.94. The normalized spacial score (nSPS) is 9.18. The van der Waals surface area contributed by atoms with Crippen molar-refractivity contribution in [2.24, 2.45) is 0 Å². The van der Waals surface area contributed by atoms with E-state index in [0.717, 1.165) is 0 Å². The van der Waals surface area contributed by atoms with Gasteiger partial charge in [-0.1, -0.05) is 0 Å². The second-order valence-corrected chi connectivity index (χ2v) is 2.28. The summed E-state index contributed by atoms with van der Waals surface area (Å²) in [6.07, 6.45) is 0. The topological polar surface area (TPSA) is 49.8 Å². The van der Waals surface area contributed by atoms with Gasteiger partial charge in [0.2, 0.25) is 0 Å². The van der Waals surface area contributed by atoms with Gasteiger partial charge in [0.15, 0.2) is 0 Å². The van der Waals surface area contributed by atoms with Gasteiger partial charge in [0.05, 0.1) is 11.6 Å². The van der Waals surface area contributed by atoms with Crippen molar-refractivity contribution in [2.45, 2.75) is 6.92 Å². The Hall–Kier alpha value is -1.56. The minimum Gasteiger partial charge on any atom is -0.398 e. The maximum absolute atomic E-state index is 12.6. The molecule has 0 radical (unpaired) electrons. The van der Waals surface area contributed by atoms with Gasteiger partial charge in [-0.3, -0.25) is 0 Å². The quantitative estimate of drug-likeness (QED) is 0.571. The molecule has 0 bridgehead atoms. The van der Waals surface area contributed by atoms with Crippen LogP contribution in [0.2, 0.25) is 0 Å². The van der Waals surface area contributed by atoms with Gasteiger partial charge in [-0.25, -0.2) is 4.39 Å². The highest BCUT2D eigenvalue weighted by atomic mass is 19.1. The van der Waals surface area contributed by atoms with Crippen LogP contribution in [-0.2, 0) is 0 Å². The van der Waals surface area contributed by atoms with Crippen LogP contribution in [0.4, 0.5) is 10.1 Å². The van der Waals surface area contributed by atoms with Gasteiger partial charge in [-0.05, 0) is 24.6 Å². The molecule has 1 aromatic carbocycles. The number of hydrogen-bond donors (Lipinski definition) is 1. The van der Waals surface area contributed by atoms with E-state index in [9.17, 15) is 4.39 Å². The van der Waals surface area contributed by atoms with Gasteiger partial charge in [0.25, 0.3) is 0 Å². The number of nitrogens with two attached hydrogens (primary N) is 1. The fourth-order valence-electron chi connectivity index (χ4n) is 0.816. The average molecular weight is 150 g/mol. The lowest BCUT2D eigenvalue weighted by molar-refractivity contribution is 0.627. The van der Waals surface area contributed by atoms with E-state index >= 15 is 0 Å². The summed E-state index contributed by atoms with van der Waals surface area (Å²) in [6.45, 7) is 1.69. The fraction of sp³-hybridized carbons (Fsp3) is 0.125. The number of hydrogen-bond acceptors (Lipinski definition) is 2. The molecule has 0 aliphatic carbocycles. The van der Waals surface area contributed by atoms with Crippen LogP contribution in [0.5, 0.6) is 0 Å². The Morgan fingerprint density at radius 2 is 2.18 bits per heavy atom. The minimum atomic E-state index is -0.468. The van der Waals surface area contributed by atoms with Crippen molar-refractivity contribution in [3.8, 4) is 6.07 Å². The highest BCUT2D eigenvalue weighted by molar-refractivity contribution is 5.54. The molecule has 11 heavy (non-hydrogen) atoms. The zero-order valence-electron chi connectivity index (χ0n) is 6.06. The Morgan fingerprint density at radius 1 is 1.55 bits per heavy atom. The summed E-state index contributed by atoms with van der Waals surface area (Å²) >= 11 is 0. The summed E-state index contributed by atoms with van der Waals surface area (Å²) in [5.74, 6) is -0.468. The van der Waals surface area contributed by atoms with Crippen molar-refractivity contribution in [3.63, 3.8) is 0 Å². The molecule has 0 amide bonds. The van der Waals surface area contributed by atoms with Gasteiger partial charge >= 0.3 is 0 Å². The zero-order valence-corrected chi connectivity index (χ0v) is 6.06. The second kappa shape index (κ2) is 2.59. The van der Waals surface area contributed by atoms with Crippen molar-refractivity contribution in [2.75, 3.05) is 5.73 Å². The number of nitriles is 1. The highest BCUT2D eigenvalue weighted by Gasteiger charge is 2.02. The van der Waals surface area contributed by atoms with Gasteiger partial charge in [0, 0.05) is 5.69 Å². The predicted molar refractivity (Wildman–Crippen MR) is 40.3 cm³/mol. The molecule has 0 saturated carbocycles. The molecule has 2 nitrogen and oxygen atoms in total. The van der Waals surface area contributed by atoms with E-state index in [0.29, 0.717) is 16.8 Å². The van der Waals surface area contributed by atoms with E-state index in [-0.39, 0.29) is 0 Å². The molecule has 2 N–H and O–H groups in total. The smallest absolute Gasteiger partial charge is 0.126 e. The van der Waals surface area contributed by atoms with E-state index < -0.39 is 5.82 Å². The van der Waals surface area contributed by atoms with Crippen LogP contribution < -0.4 is 5.73 Å². The summed E-state index contributed by atoms with van der Waals surface area (Å²) in [5, 5.41) is 8.50. The third kappa shape index (κ3) is 1.30. The van der Waals surface area contributed by atoms with Crippen molar-refractivity contribution < 1.29 is 4.39 Å². The predicted octanol–water partition coefficient (Wildman–Crippen LogP) is 1.59. The monoisotopic (exact) mass is 150 g/mol. The molecule has 0 aliphatic heterocycles. The summed E-state index contributed by atoms with van der Waals surface area (Å²) in [6, 6.07) is 4.23. The molecule has 0 unspecified atom stereocenters. The lowest BCUT2D eigenvalue weighted by atomic mass is 10.1. The summed E-state index contributed by atoms with van der Waals surface area (Å²) in [7, 11) is 0. The van der Waals surface area contributed by atoms with Crippen LogP contribution in [0.3, 0.4) is 0 Å². The van der Waals surface area contributed by atoms with E-state index in [1.807, 2.05) is 6.07 Å². The average Bonchev–Trinajstić information content (AvgIpc) is 1.96. The Bertz CT molecular complexity index is 326. The van der Waals surface area contributed by atoms with E-state index in [2.05, 4.69) is 0 Å². The number of rotatable bonds is 0. The van der Waals surface area contributed by atoms with Gasteiger partial charge in [-0.15, -0.1) is 0 Å². The molecule has 0 heterocycles. The van der Waals surface area contributed by atoms with Crippen molar-refractivity contribution in [1.82, 2.24) is 0 Å². The molecule has 0 fully saturated rings. The SMILES string of the molecule is Cc1c(N)cc(F)cc1C#N. The van der Waals surface area contributed by atoms with Crippen LogP contribution in [0, 0.1) is 24.1 Å². The van der Waals surface area contributed by atoms with E-state index in [1.54, 1.807) is 6.92 Å². The maximum atomic E-state index is 12.6. The largest absolute Gasteiger partial charge is 0.398 e. The lowest BCUT2D eigenvalue weighted by Gasteiger charge is -2.00. The second-order valence-electron chi connectivity index (χ2n) is 2.28. The Morgan fingerprint density at radius 3 is 2.73 bits per heavy atom. The molecule has 1 rings (SSSR count). The van der Waals surface area contributed by atoms with Gasteiger partial charge < -0.3 is 5.73 Å². The molecule has 0 spiro atoms. The van der Waals surface area contributed by atoms with Crippen LogP contribution in [0.15, 0.2) is 12.1 Å². The number of nitrogens with zero attached hydrogens (tertiary/aromatic N) is 1. The van der Waals surface area contributed by atoms with Crippen LogP contribution >= 0.6 is 0 Å². The molecule has 56 valence electrons. The zero-order chi connectivity index (χ0) is 8.43. The van der Waals surface area contributed by atoms with E-state index in [1.165, 1.54) is 12.1 Å². The molecular formula is C8H7FN2. The molecular weight excluding hydrogens is 143 g/mol. The molecule has 3 heteroatoms. The molecule has 0 aliphatic rings. The van der Waals surface area contributed by atoms with Crippen LogP contribution in [0.25, 0.3) is 0 Å². The van der Waals surface area contributed by atoms with Gasteiger partial charge in [0.1, 0.15) is 5.82 Å². The number of benzene rings is 1. The maximum Gasteiger partial charge on any atom is 0.126 e. The Balaban J connectivity index is 3.39. The first-order valence-corrected chi connectivity index (χ1v) is 3.11. The number of anilines is 1. The summed E-state index contributed by atoms with van der Waals surface area (Å²) < 4.78 is 12.6. The third-order valence-electron chi connectivity index (χ3n) is 1.53. The standard InChI is InChI=1S/C8H7FN2/c1-5-6(4-10)2-7(9)3-8(5)11/h2-3H,11H2,1H3. The first kappa shape index (κ1) is 7.55. The molecule has 0 saturated heterocycles. The van der Waals surface area contributed by atoms with Crippen molar-refractivity contribution in [1.29, 1.82) is 5.26 Å². The molecule has 0 atom stereocenters. The third-order valence-corrected chi connectivity index (χ3v) is 1.53. The number of halogens is 1. The molecule has 0 aromatic heterocycles. The minimum absolute atomic E-state index is 0.294. The van der Waals surface area contributed by atoms with Crippen LogP contribution in [-0.4, -0.2) is 0 Å². The Kier molecular flexibility index (Phi) is 1.77.